The Morgan fingerprint density at radius 2 is 1.79 bits per heavy atom. The summed E-state index contributed by atoms with van der Waals surface area (Å²) in [5.41, 5.74) is -0.401. The fourth-order valence-corrected chi connectivity index (χ4v) is 9.91. The van der Waals surface area contributed by atoms with Gasteiger partial charge in [0.25, 0.3) is 0 Å². The van der Waals surface area contributed by atoms with Gasteiger partial charge in [0.1, 0.15) is 24.9 Å². The smallest absolute Gasteiger partial charge is 0.331 e. The zero-order valence-electron chi connectivity index (χ0n) is 22.5. The highest BCUT2D eigenvalue weighted by Gasteiger charge is 2.68. The Hall–Kier alpha value is -1.07. The van der Waals surface area contributed by atoms with Crippen molar-refractivity contribution < 1.29 is 44.5 Å². The molecule has 9 heteroatoms. The third-order valence-corrected chi connectivity index (χ3v) is 12.1. The van der Waals surface area contributed by atoms with E-state index in [1.165, 1.54) is 0 Å². The topological polar surface area (TPSA) is 146 Å². The average molecular weight is 537 g/mol. The van der Waals surface area contributed by atoms with Crippen molar-refractivity contribution >= 4 is 5.97 Å². The summed E-state index contributed by atoms with van der Waals surface area (Å²) in [5.74, 6) is 0.414. The lowest BCUT2D eigenvalue weighted by atomic mass is 9.43. The Morgan fingerprint density at radius 3 is 2.50 bits per heavy atom. The van der Waals surface area contributed by atoms with Crippen molar-refractivity contribution in [2.45, 2.75) is 114 Å². The van der Waals surface area contributed by atoms with Crippen molar-refractivity contribution in [3.63, 3.8) is 0 Å². The van der Waals surface area contributed by atoms with E-state index in [2.05, 4.69) is 6.92 Å². The number of aliphatic hydroxyl groups excluding tert-OH is 4. The number of hydrogen-bond acceptors (Lipinski definition) is 9. The minimum Gasteiger partial charge on any atom is -0.458 e. The van der Waals surface area contributed by atoms with Crippen LogP contribution in [0.4, 0.5) is 0 Å². The Morgan fingerprint density at radius 1 is 1.00 bits per heavy atom. The predicted molar refractivity (Wildman–Crippen MR) is 134 cm³/mol. The van der Waals surface area contributed by atoms with Crippen molar-refractivity contribution in [3.05, 3.63) is 11.6 Å². The Kier molecular flexibility index (Phi) is 6.78. The molecule has 0 aromatic heterocycles. The van der Waals surface area contributed by atoms with Gasteiger partial charge in [0.2, 0.25) is 0 Å². The van der Waals surface area contributed by atoms with Crippen LogP contribution in [0.2, 0.25) is 0 Å². The number of ether oxygens (including phenoxy) is 3. The molecule has 2 aliphatic heterocycles. The molecule has 0 amide bonds. The first-order valence-electron chi connectivity index (χ1n) is 14.6. The molecular weight excluding hydrogens is 492 g/mol. The van der Waals surface area contributed by atoms with Gasteiger partial charge in [-0.05, 0) is 99.4 Å². The number of rotatable bonds is 4. The van der Waals surface area contributed by atoms with Gasteiger partial charge in [-0.25, -0.2) is 4.79 Å². The summed E-state index contributed by atoms with van der Waals surface area (Å²) in [6.07, 6.45) is 3.35. The first-order valence-corrected chi connectivity index (χ1v) is 14.6. The first-order chi connectivity index (χ1) is 18.0. The van der Waals surface area contributed by atoms with Gasteiger partial charge in [0, 0.05) is 18.1 Å². The van der Waals surface area contributed by atoms with Gasteiger partial charge in [-0.3, -0.25) is 0 Å². The van der Waals surface area contributed by atoms with Gasteiger partial charge in [0.05, 0.1) is 17.8 Å². The molecule has 214 valence electrons. The minimum atomic E-state index is -1.32. The van der Waals surface area contributed by atoms with Crippen LogP contribution in [-0.2, 0) is 19.0 Å². The zero-order valence-corrected chi connectivity index (χ0v) is 22.5. The zero-order chi connectivity index (χ0) is 27.0. The summed E-state index contributed by atoms with van der Waals surface area (Å²) < 4.78 is 17.1. The molecule has 9 nitrogen and oxygen atoms in total. The molecule has 38 heavy (non-hydrogen) atoms. The van der Waals surface area contributed by atoms with E-state index in [0.29, 0.717) is 19.4 Å². The number of hydrogen-bond donors (Lipinski definition) is 5. The van der Waals surface area contributed by atoms with Crippen molar-refractivity contribution in [1.82, 2.24) is 0 Å². The van der Waals surface area contributed by atoms with Crippen LogP contribution in [-0.4, -0.2) is 87.1 Å². The van der Waals surface area contributed by atoms with E-state index in [-0.39, 0.29) is 53.2 Å². The molecule has 6 rings (SSSR count). The highest BCUT2D eigenvalue weighted by molar-refractivity contribution is 5.85. The van der Waals surface area contributed by atoms with E-state index in [1.54, 1.807) is 13.0 Å². The Balaban J connectivity index is 1.19. The summed E-state index contributed by atoms with van der Waals surface area (Å²) in [7, 11) is 0. The van der Waals surface area contributed by atoms with Gasteiger partial charge >= 0.3 is 5.97 Å². The summed E-state index contributed by atoms with van der Waals surface area (Å²) in [6, 6.07) is 0. The van der Waals surface area contributed by atoms with Gasteiger partial charge in [-0.1, -0.05) is 6.92 Å². The van der Waals surface area contributed by atoms with E-state index in [4.69, 9.17) is 14.2 Å². The number of aliphatic hydroxyl groups is 5. The van der Waals surface area contributed by atoms with Crippen LogP contribution in [0, 0.1) is 34.5 Å². The molecule has 0 bridgehead atoms. The van der Waals surface area contributed by atoms with Crippen LogP contribution in [0.5, 0.6) is 0 Å². The summed E-state index contributed by atoms with van der Waals surface area (Å²) in [6.45, 7) is 4.27. The van der Waals surface area contributed by atoms with Crippen LogP contribution < -0.4 is 0 Å². The van der Waals surface area contributed by atoms with Crippen molar-refractivity contribution in [3.8, 4) is 0 Å². The SMILES string of the molecule is C[C@H]1OC(O[C@H]2CC[C@@]3(CO)[C@@H](CC[C@@H]4[C@@H]3CC[C@]3(C)[C@@H](C5=CC(=O)OC5)CC[C@]43O)C2)[C@H](O)[C@H](O)[C@@H]1O. The monoisotopic (exact) mass is 536 g/mol. The fraction of sp³-hybridized carbons (Fsp3) is 0.897. The predicted octanol–water partition coefficient (Wildman–Crippen LogP) is 1.43. The molecule has 13 atom stereocenters. The molecule has 1 unspecified atom stereocenters. The molecule has 0 spiro atoms. The normalized spacial score (nSPS) is 54.5. The Labute approximate surface area is 224 Å². The first kappa shape index (κ1) is 27.1. The number of cyclic esters (lactones) is 1. The number of fused-ring (bicyclic) bond motifs is 5. The second-order valence-electron chi connectivity index (χ2n) is 13.4. The minimum absolute atomic E-state index is 0.0831. The van der Waals surface area contributed by atoms with E-state index in [1.807, 2.05) is 0 Å². The number of carbonyl (C=O) groups is 1. The van der Waals surface area contributed by atoms with Crippen molar-refractivity contribution in [2.75, 3.05) is 13.2 Å². The molecule has 1 saturated heterocycles. The van der Waals surface area contributed by atoms with Crippen LogP contribution in [0.25, 0.3) is 0 Å². The molecule has 6 aliphatic rings. The third-order valence-electron chi connectivity index (χ3n) is 12.1. The third kappa shape index (κ3) is 3.80. The summed E-state index contributed by atoms with van der Waals surface area (Å²) in [4.78, 5) is 11.8. The molecule has 0 aromatic carbocycles. The van der Waals surface area contributed by atoms with E-state index in [9.17, 15) is 30.3 Å². The highest BCUT2D eigenvalue weighted by Crippen LogP contribution is 2.70. The summed E-state index contributed by atoms with van der Waals surface area (Å²) >= 11 is 0. The van der Waals surface area contributed by atoms with Gasteiger partial charge < -0.3 is 39.7 Å². The summed E-state index contributed by atoms with van der Waals surface area (Å²) in [5, 5.41) is 53.9. The lowest BCUT2D eigenvalue weighted by molar-refractivity contribution is -0.311. The lowest BCUT2D eigenvalue weighted by Gasteiger charge is -2.64. The Bertz CT molecular complexity index is 970. The molecule has 0 radical (unpaired) electrons. The molecule has 0 aromatic rings. The quantitative estimate of drug-likeness (QED) is 0.266. The second kappa shape index (κ2) is 9.50. The van der Waals surface area contributed by atoms with Crippen LogP contribution in [0.1, 0.15) is 71.6 Å². The van der Waals surface area contributed by atoms with Crippen molar-refractivity contribution in [1.29, 1.82) is 0 Å². The van der Waals surface area contributed by atoms with Gasteiger partial charge in [0.15, 0.2) is 6.29 Å². The van der Waals surface area contributed by atoms with E-state index in [0.717, 1.165) is 50.5 Å². The van der Waals surface area contributed by atoms with E-state index >= 15 is 0 Å². The van der Waals surface area contributed by atoms with Crippen LogP contribution in [0.3, 0.4) is 0 Å². The van der Waals surface area contributed by atoms with Crippen LogP contribution in [0.15, 0.2) is 11.6 Å². The number of esters is 1. The molecule has 2 heterocycles. The fourth-order valence-electron chi connectivity index (χ4n) is 9.91. The standard InChI is InChI=1S/C29H44O9/c1-15-23(32)24(33)25(34)26(37-15)38-18-5-9-28(14-30)17(12-18)3-4-21-20(28)6-8-27(2)19(7-10-29(21,27)35)16-11-22(31)36-13-16/h11,15,17-21,23-26,30,32-35H,3-10,12-14H2,1-2H3/t15-,17+,18+,19-,20+,21-,23-,24-,25-,26?,27-,28-,29+/m1/s1. The molecule has 5 N–H and O–H groups in total. The van der Waals surface area contributed by atoms with Gasteiger partial charge in [-0.2, -0.15) is 0 Å². The maximum atomic E-state index is 12.4. The van der Waals surface area contributed by atoms with Gasteiger partial charge in [-0.15, -0.1) is 0 Å². The average Bonchev–Trinajstić information content (AvgIpc) is 3.45. The number of carbonyl (C=O) groups excluding carboxylic acids is 1. The molecule has 4 aliphatic carbocycles. The van der Waals surface area contributed by atoms with E-state index < -0.39 is 36.3 Å². The molecule has 4 saturated carbocycles. The largest absolute Gasteiger partial charge is 0.458 e. The second-order valence-corrected chi connectivity index (χ2v) is 13.4. The van der Waals surface area contributed by atoms with Crippen LogP contribution >= 0.6 is 0 Å². The molecular formula is C29H44O9. The highest BCUT2D eigenvalue weighted by atomic mass is 16.7. The molecule has 5 fully saturated rings. The van der Waals surface area contributed by atoms with Crippen molar-refractivity contribution in [2.24, 2.45) is 34.5 Å². The maximum absolute atomic E-state index is 12.4. The lowest BCUT2D eigenvalue weighted by Crippen LogP contribution is -2.64. The maximum Gasteiger partial charge on any atom is 0.331 e.